The minimum Gasteiger partial charge on any atom is -1.00 e. The fraction of sp³-hybridized carbons (Fsp3) is 0.0667. The molecule has 0 aliphatic heterocycles. The Balaban J connectivity index is 0.00000133. The standard InChI is InChI=1S/C15H12N2S.BrH/c1-11-4-6-12(7-5-11)14-10-18-15(17-14)13-3-2-8-16-9-13;/h2-10H,1H3;1H/p-1. The first kappa shape index (κ1) is 13.9. The first-order chi connectivity index (χ1) is 8.83. The molecule has 0 saturated heterocycles. The van der Waals surface area contributed by atoms with Crippen molar-refractivity contribution < 1.29 is 17.0 Å². The van der Waals surface area contributed by atoms with Crippen LogP contribution in [0.25, 0.3) is 21.8 Å². The number of benzene rings is 1. The lowest BCUT2D eigenvalue weighted by Gasteiger charge is -1.97. The Kier molecular flexibility index (Phi) is 4.45. The molecule has 2 aromatic heterocycles. The van der Waals surface area contributed by atoms with Crippen LogP contribution in [0, 0.1) is 6.92 Å². The number of halogens is 1. The van der Waals surface area contributed by atoms with Gasteiger partial charge in [-0.25, -0.2) is 4.98 Å². The van der Waals surface area contributed by atoms with E-state index in [1.807, 2.05) is 18.3 Å². The van der Waals surface area contributed by atoms with Gasteiger partial charge in [-0.2, -0.15) is 0 Å². The van der Waals surface area contributed by atoms with Gasteiger partial charge in [-0.3, -0.25) is 4.98 Å². The Hall–Kier alpha value is -1.52. The molecular formula is C15H12BrN2S-. The summed E-state index contributed by atoms with van der Waals surface area (Å²) in [6.07, 6.45) is 3.62. The van der Waals surface area contributed by atoms with Gasteiger partial charge in [0.1, 0.15) is 5.01 Å². The summed E-state index contributed by atoms with van der Waals surface area (Å²) in [7, 11) is 0. The molecule has 0 unspecified atom stereocenters. The number of pyridine rings is 1. The number of thiazole rings is 1. The van der Waals surface area contributed by atoms with Crippen LogP contribution in [0.3, 0.4) is 0 Å². The highest BCUT2D eigenvalue weighted by Gasteiger charge is 2.06. The number of hydrogen-bond donors (Lipinski definition) is 0. The predicted molar refractivity (Wildman–Crippen MR) is 75.5 cm³/mol. The van der Waals surface area contributed by atoms with E-state index in [1.54, 1.807) is 17.5 Å². The quantitative estimate of drug-likeness (QED) is 0.704. The van der Waals surface area contributed by atoms with Gasteiger partial charge in [0, 0.05) is 28.9 Å². The first-order valence-electron chi connectivity index (χ1n) is 5.76. The summed E-state index contributed by atoms with van der Waals surface area (Å²) in [4.78, 5) is 8.78. The molecule has 3 aromatic rings. The Morgan fingerprint density at radius 1 is 1.00 bits per heavy atom. The van der Waals surface area contributed by atoms with E-state index in [0.717, 1.165) is 21.8 Å². The van der Waals surface area contributed by atoms with Crippen molar-refractivity contribution in [3.63, 3.8) is 0 Å². The molecule has 0 bridgehead atoms. The maximum atomic E-state index is 4.66. The second-order valence-corrected chi connectivity index (χ2v) is 5.00. The van der Waals surface area contributed by atoms with E-state index in [2.05, 4.69) is 46.5 Å². The number of hydrogen-bond acceptors (Lipinski definition) is 3. The van der Waals surface area contributed by atoms with E-state index in [9.17, 15) is 0 Å². The molecule has 0 aliphatic rings. The number of rotatable bonds is 2. The number of aryl methyl sites for hydroxylation is 1. The molecule has 0 saturated carbocycles. The minimum absolute atomic E-state index is 0. The van der Waals surface area contributed by atoms with Crippen molar-refractivity contribution in [2.75, 3.05) is 0 Å². The fourth-order valence-electron chi connectivity index (χ4n) is 1.75. The van der Waals surface area contributed by atoms with Gasteiger partial charge in [-0.05, 0) is 19.1 Å². The first-order valence-corrected chi connectivity index (χ1v) is 6.64. The van der Waals surface area contributed by atoms with Gasteiger partial charge in [0.25, 0.3) is 0 Å². The second-order valence-electron chi connectivity index (χ2n) is 4.15. The van der Waals surface area contributed by atoms with Crippen LogP contribution in [-0.4, -0.2) is 9.97 Å². The summed E-state index contributed by atoms with van der Waals surface area (Å²) in [5.41, 5.74) is 4.52. The topological polar surface area (TPSA) is 25.8 Å². The Morgan fingerprint density at radius 3 is 2.47 bits per heavy atom. The summed E-state index contributed by atoms with van der Waals surface area (Å²) >= 11 is 1.65. The molecule has 96 valence electrons. The zero-order valence-electron chi connectivity index (χ0n) is 10.4. The highest BCUT2D eigenvalue weighted by molar-refractivity contribution is 7.13. The van der Waals surface area contributed by atoms with Crippen molar-refractivity contribution in [1.82, 2.24) is 9.97 Å². The SMILES string of the molecule is Cc1ccc(-c2csc(-c3cccnc3)n2)cc1.[Br-]. The second kappa shape index (κ2) is 6.08. The molecule has 0 atom stereocenters. The zero-order valence-corrected chi connectivity index (χ0v) is 12.8. The van der Waals surface area contributed by atoms with Crippen LogP contribution >= 0.6 is 11.3 Å². The summed E-state index contributed by atoms with van der Waals surface area (Å²) in [6.45, 7) is 2.09. The fourth-order valence-corrected chi connectivity index (χ4v) is 2.57. The molecular weight excluding hydrogens is 320 g/mol. The summed E-state index contributed by atoms with van der Waals surface area (Å²) < 4.78 is 0. The molecule has 0 amide bonds. The molecule has 0 aliphatic carbocycles. The van der Waals surface area contributed by atoms with Gasteiger partial charge >= 0.3 is 0 Å². The molecule has 4 heteroatoms. The molecule has 0 spiro atoms. The molecule has 3 rings (SSSR count). The monoisotopic (exact) mass is 331 g/mol. The molecule has 2 nitrogen and oxygen atoms in total. The average molecular weight is 332 g/mol. The summed E-state index contributed by atoms with van der Waals surface area (Å²) in [5.74, 6) is 0. The lowest BCUT2D eigenvalue weighted by atomic mass is 10.1. The maximum Gasteiger partial charge on any atom is 0.125 e. The van der Waals surface area contributed by atoms with Gasteiger partial charge in [0.2, 0.25) is 0 Å². The van der Waals surface area contributed by atoms with Crippen LogP contribution in [0.15, 0.2) is 54.2 Å². The molecule has 0 radical (unpaired) electrons. The molecule has 2 heterocycles. The Bertz CT molecular complexity index is 647. The van der Waals surface area contributed by atoms with Crippen LogP contribution in [0.5, 0.6) is 0 Å². The van der Waals surface area contributed by atoms with Gasteiger partial charge in [-0.15, -0.1) is 11.3 Å². The van der Waals surface area contributed by atoms with Crippen LogP contribution in [0.2, 0.25) is 0 Å². The largest absolute Gasteiger partial charge is 1.00 e. The molecule has 19 heavy (non-hydrogen) atoms. The molecule has 1 aromatic carbocycles. The third kappa shape index (κ3) is 3.08. The van der Waals surface area contributed by atoms with Gasteiger partial charge in [0.05, 0.1) is 5.69 Å². The molecule has 0 N–H and O–H groups in total. The predicted octanol–water partition coefficient (Wildman–Crippen LogP) is 1.18. The lowest BCUT2D eigenvalue weighted by Crippen LogP contribution is -3.00. The summed E-state index contributed by atoms with van der Waals surface area (Å²) in [6, 6.07) is 12.4. The van der Waals surface area contributed by atoms with Crippen molar-refractivity contribution >= 4 is 11.3 Å². The zero-order chi connectivity index (χ0) is 12.4. The van der Waals surface area contributed by atoms with Gasteiger partial charge in [-0.1, -0.05) is 29.8 Å². The van der Waals surface area contributed by atoms with E-state index >= 15 is 0 Å². The minimum atomic E-state index is 0. The van der Waals surface area contributed by atoms with E-state index in [0.29, 0.717) is 0 Å². The maximum absolute atomic E-state index is 4.66. The highest BCUT2D eigenvalue weighted by Crippen LogP contribution is 2.28. The van der Waals surface area contributed by atoms with Crippen LogP contribution in [0.4, 0.5) is 0 Å². The van der Waals surface area contributed by atoms with E-state index in [4.69, 9.17) is 0 Å². The van der Waals surface area contributed by atoms with Crippen molar-refractivity contribution in [3.05, 3.63) is 59.7 Å². The van der Waals surface area contributed by atoms with Gasteiger partial charge < -0.3 is 17.0 Å². The number of aromatic nitrogens is 2. The number of nitrogens with zero attached hydrogens (tertiary/aromatic N) is 2. The normalized spacial score (nSPS) is 9.95. The Labute approximate surface area is 127 Å². The van der Waals surface area contributed by atoms with E-state index in [1.165, 1.54) is 5.56 Å². The third-order valence-electron chi connectivity index (χ3n) is 2.76. The Morgan fingerprint density at radius 2 is 1.79 bits per heavy atom. The van der Waals surface area contributed by atoms with Crippen molar-refractivity contribution in [3.8, 4) is 21.8 Å². The van der Waals surface area contributed by atoms with Crippen LogP contribution in [0.1, 0.15) is 5.56 Å². The lowest BCUT2D eigenvalue weighted by molar-refractivity contribution is -0.00000364. The van der Waals surface area contributed by atoms with Crippen molar-refractivity contribution in [2.45, 2.75) is 6.92 Å². The van der Waals surface area contributed by atoms with Crippen LogP contribution in [-0.2, 0) is 0 Å². The average Bonchev–Trinajstić information content (AvgIpc) is 2.90. The van der Waals surface area contributed by atoms with Gasteiger partial charge in [0.15, 0.2) is 0 Å². The highest BCUT2D eigenvalue weighted by atomic mass is 79.9. The summed E-state index contributed by atoms with van der Waals surface area (Å²) in [5, 5.41) is 3.10. The van der Waals surface area contributed by atoms with E-state index < -0.39 is 0 Å². The molecule has 0 fully saturated rings. The smallest absolute Gasteiger partial charge is 0.125 e. The van der Waals surface area contributed by atoms with Crippen LogP contribution < -0.4 is 17.0 Å². The van der Waals surface area contributed by atoms with E-state index in [-0.39, 0.29) is 17.0 Å². The van der Waals surface area contributed by atoms with Crippen molar-refractivity contribution in [1.29, 1.82) is 0 Å². The van der Waals surface area contributed by atoms with Crippen molar-refractivity contribution in [2.24, 2.45) is 0 Å². The third-order valence-corrected chi connectivity index (χ3v) is 3.65.